The average Bonchev–Trinajstić information content (AvgIpc) is 2.66. The van der Waals surface area contributed by atoms with Crippen LogP contribution in [0.5, 0.6) is 11.5 Å². The number of rotatable bonds is 8. The summed E-state index contributed by atoms with van der Waals surface area (Å²) in [6, 6.07) is 10.6. The number of ether oxygens (including phenoxy) is 2. The van der Waals surface area contributed by atoms with Crippen molar-refractivity contribution in [2.24, 2.45) is 0 Å². The fourth-order valence-corrected chi connectivity index (χ4v) is 4.03. The Morgan fingerprint density at radius 3 is 2.25 bits per heavy atom. The van der Waals surface area contributed by atoms with Crippen molar-refractivity contribution in [3.8, 4) is 11.5 Å². The first-order valence-electron chi connectivity index (χ1n) is 8.41. The minimum absolute atomic E-state index is 0.210. The number of halogens is 1. The van der Waals surface area contributed by atoms with E-state index in [2.05, 4.69) is 5.32 Å². The number of methoxy groups -OCH3 is 2. The molecule has 0 aliphatic carbocycles. The summed E-state index contributed by atoms with van der Waals surface area (Å²) in [5.74, 6) is 0.688. The number of hydrogen-bond donors (Lipinski definition) is 1. The number of sulfonamides is 1. The van der Waals surface area contributed by atoms with E-state index in [0.717, 1.165) is 16.1 Å². The van der Waals surface area contributed by atoms with Crippen molar-refractivity contribution in [3.63, 3.8) is 0 Å². The summed E-state index contributed by atoms with van der Waals surface area (Å²) in [5, 5.41) is 3.23. The maximum Gasteiger partial charge on any atom is 0.243 e. The van der Waals surface area contributed by atoms with Crippen molar-refractivity contribution in [1.29, 1.82) is 0 Å². The molecule has 2 aromatic carbocycles. The second-order valence-corrected chi connectivity index (χ2v) is 8.41. The molecule has 0 aliphatic heterocycles. The van der Waals surface area contributed by atoms with Gasteiger partial charge in [-0.15, -0.1) is 0 Å². The van der Waals surface area contributed by atoms with Crippen LogP contribution >= 0.6 is 11.6 Å². The Morgan fingerprint density at radius 1 is 1.11 bits per heavy atom. The zero-order valence-corrected chi connectivity index (χ0v) is 17.7. The van der Waals surface area contributed by atoms with Gasteiger partial charge in [0.25, 0.3) is 0 Å². The van der Waals surface area contributed by atoms with Gasteiger partial charge in [0.1, 0.15) is 6.04 Å². The van der Waals surface area contributed by atoms with Crippen LogP contribution in [-0.4, -0.2) is 40.8 Å². The fraction of sp³-hybridized carbons (Fsp3) is 0.316. The molecule has 7 nitrogen and oxygen atoms in total. The van der Waals surface area contributed by atoms with E-state index in [4.69, 9.17) is 21.1 Å². The molecule has 1 N–H and O–H groups in total. The number of amides is 1. The molecule has 0 radical (unpaired) electrons. The molecule has 0 bridgehead atoms. The Bertz CT molecular complexity index is 932. The first kappa shape index (κ1) is 21.8. The van der Waals surface area contributed by atoms with E-state index in [-0.39, 0.29) is 6.54 Å². The van der Waals surface area contributed by atoms with Gasteiger partial charge in [-0.25, -0.2) is 8.42 Å². The second kappa shape index (κ2) is 9.16. The highest BCUT2D eigenvalue weighted by molar-refractivity contribution is 7.92. The van der Waals surface area contributed by atoms with E-state index in [1.54, 1.807) is 42.5 Å². The molecule has 152 valence electrons. The lowest BCUT2D eigenvalue weighted by Crippen LogP contribution is -2.47. The van der Waals surface area contributed by atoms with Crippen LogP contribution in [0.4, 0.5) is 5.69 Å². The highest BCUT2D eigenvalue weighted by Crippen LogP contribution is 2.27. The molecule has 0 heterocycles. The standard InChI is InChI=1S/C19H23ClN2O5S/c1-13(22(28(4,24)25)16-8-6-15(20)7-9-16)19(23)21-12-14-5-10-17(26-2)18(11-14)27-3/h5-11,13H,12H2,1-4H3,(H,21,23)/t13-/m1/s1. The zero-order valence-electron chi connectivity index (χ0n) is 16.1. The minimum Gasteiger partial charge on any atom is -0.493 e. The van der Waals surface area contributed by atoms with Gasteiger partial charge in [-0.1, -0.05) is 17.7 Å². The molecule has 0 saturated heterocycles. The number of benzene rings is 2. The minimum atomic E-state index is -3.68. The normalized spacial score (nSPS) is 12.2. The highest BCUT2D eigenvalue weighted by atomic mass is 35.5. The maximum absolute atomic E-state index is 12.6. The third-order valence-electron chi connectivity index (χ3n) is 4.08. The van der Waals surface area contributed by atoms with Gasteiger partial charge in [0.05, 0.1) is 26.2 Å². The summed E-state index contributed by atoms with van der Waals surface area (Å²) in [5.41, 5.74) is 1.15. The number of nitrogens with zero attached hydrogens (tertiary/aromatic N) is 1. The maximum atomic E-state index is 12.6. The van der Waals surface area contributed by atoms with Crippen molar-refractivity contribution in [2.75, 3.05) is 24.8 Å². The molecule has 0 saturated carbocycles. The van der Waals surface area contributed by atoms with E-state index in [1.165, 1.54) is 21.1 Å². The molecule has 0 spiro atoms. The third kappa shape index (κ3) is 5.30. The van der Waals surface area contributed by atoms with Crippen LogP contribution in [0.15, 0.2) is 42.5 Å². The Hall–Kier alpha value is -2.45. The lowest BCUT2D eigenvalue weighted by molar-refractivity contribution is -0.122. The summed E-state index contributed by atoms with van der Waals surface area (Å²) < 4.78 is 36.0. The number of carbonyl (C=O) groups excluding carboxylic acids is 1. The van der Waals surface area contributed by atoms with Crippen LogP contribution in [0.25, 0.3) is 0 Å². The highest BCUT2D eigenvalue weighted by Gasteiger charge is 2.29. The molecule has 1 amide bonds. The van der Waals surface area contributed by atoms with Crippen LogP contribution < -0.4 is 19.1 Å². The summed E-state index contributed by atoms with van der Waals surface area (Å²) >= 11 is 5.87. The monoisotopic (exact) mass is 426 g/mol. The predicted octanol–water partition coefficient (Wildman–Crippen LogP) is 2.83. The SMILES string of the molecule is COc1ccc(CNC(=O)[C@@H](C)N(c2ccc(Cl)cc2)S(C)(=O)=O)cc1OC. The first-order valence-corrected chi connectivity index (χ1v) is 10.6. The molecule has 1 atom stereocenters. The van der Waals surface area contributed by atoms with E-state index in [1.807, 2.05) is 0 Å². The fourth-order valence-electron chi connectivity index (χ4n) is 2.72. The zero-order chi connectivity index (χ0) is 20.9. The van der Waals surface area contributed by atoms with Crippen LogP contribution in [-0.2, 0) is 21.4 Å². The van der Waals surface area contributed by atoms with Crippen molar-refractivity contribution < 1.29 is 22.7 Å². The third-order valence-corrected chi connectivity index (χ3v) is 5.58. The Balaban J connectivity index is 2.16. The molecule has 0 fully saturated rings. The smallest absolute Gasteiger partial charge is 0.243 e. The molecule has 2 rings (SSSR count). The van der Waals surface area contributed by atoms with E-state index >= 15 is 0 Å². The van der Waals surface area contributed by atoms with Gasteiger partial charge >= 0.3 is 0 Å². The summed E-state index contributed by atoms with van der Waals surface area (Å²) in [4.78, 5) is 12.6. The average molecular weight is 427 g/mol. The van der Waals surface area contributed by atoms with Crippen LogP contribution in [0.1, 0.15) is 12.5 Å². The molecular formula is C19H23ClN2O5S. The lowest BCUT2D eigenvalue weighted by Gasteiger charge is -2.28. The first-order chi connectivity index (χ1) is 13.2. The quantitative estimate of drug-likeness (QED) is 0.701. The largest absolute Gasteiger partial charge is 0.493 e. The number of anilines is 1. The molecule has 2 aromatic rings. The van der Waals surface area contributed by atoms with E-state index < -0.39 is 22.0 Å². The van der Waals surface area contributed by atoms with Gasteiger partial charge in [0.2, 0.25) is 15.9 Å². The van der Waals surface area contributed by atoms with Crippen LogP contribution in [0, 0.1) is 0 Å². The molecule has 0 aliphatic rings. The number of hydrogen-bond acceptors (Lipinski definition) is 5. The molecule has 9 heteroatoms. The number of carbonyl (C=O) groups is 1. The molecule has 0 aromatic heterocycles. The van der Waals surface area contributed by atoms with Crippen molar-refractivity contribution in [3.05, 3.63) is 53.1 Å². The van der Waals surface area contributed by atoms with Gasteiger partial charge in [0.15, 0.2) is 11.5 Å². The van der Waals surface area contributed by atoms with Gasteiger partial charge in [-0.2, -0.15) is 0 Å². The van der Waals surface area contributed by atoms with Gasteiger partial charge < -0.3 is 14.8 Å². The Kier molecular flexibility index (Phi) is 7.15. The van der Waals surface area contributed by atoms with Crippen molar-refractivity contribution >= 4 is 33.2 Å². The van der Waals surface area contributed by atoms with Crippen LogP contribution in [0.2, 0.25) is 5.02 Å². The van der Waals surface area contributed by atoms with Crippen molar-refractivity contribution in [1.82, 2.24) is 5.32 Å². The Labute approximate surface area is 170 Å². The number of nitrogens with one attached hydrogen (secondary N) is 1. The summed E-state index contributed by atoms with van der Waals surface area (Å²) in [6.07, 6.45) is 1.06. The lowest BCUT2D eigenvalue weighted by atomic mass is 10.2. The van der Waals surface area contributed by atoms with Gasteiger partial charge in [0, 0.05) is 11.6 Å². The summed E-state index contributed by atoms with van der Waals surface area (Å²) in [7, 11) is -0.619. The topological polar surface area (TPSA) is 84.9 Å². The summed E-state index contributed by atoms with van der Waals surface area (Å²) in [6.45, 7) is 1.74. The van der Waals surface area contributed by atoms with E-state index in [9.17, 15) is 13.2 Å². The molecular weight excluding hydrogens is 404 g/mol. The second-order valence-electron chi connectivity index (χ2n) is 6.12. The van der Waals surface area contributed by atoms with Crippen LogP contribution in [0.3, 0.4) is 0 Å². The predicted molar refractivity (Wildman–Crippen MR) is 110 cm³/mol. The van der Waals surface area contributed by atoms with Crippen molar-refractivity contribution in [2.45, 2.75) is 19.5 Å². The Morgan fingerprint density at radius 2 is 1.71 bits per heavy atom. The van der Waals surface area contributed by atoms with E-state index in [0.29, 0.717) is 22.2 Å². The van der Waals surface area contributed by atoms with Gasteiger partial charge in [-0.05, 0) is 48.9 Å². The molecule has 0 unspecified atom stereocenters. The molecule has 28 heavy (non-hydrogen) atoms. The van der Waals surface area contributed by atoms with Gasteiger partial charge in [-0.3, -0.25) is 9.10 Å².